The molecule has 2 N–H and O–H groups in total. The minimum atomic E-state index is -0.567. The van der Waals surface area contributed by atoms with Crippen molar-refractivity contribution < 1.29 is 4.79 Å². The van der Waals surface area contributed by atoms with E-state index in [4.69, 9.17) is 11.0 Å². The molecule has 0 aromatic heterocycles. The fourth-order valence-corrected chi connectivity index (χ4v) is 0.795. The fraction of sp³-hybridized carbons (Fsp3) is 0. The molecule has 3 heteroatoms. The largest absolute Gasteiger partial charge is 0.366 e. The van der Waals surface area contributed by atoms with Crippen LogP contribution in [0.2, 0.25) is 0 Å². The lowest BCUT2D eigenvalue weighted by atomic mass is 10.1. The lowest BCUT2D eigenvalue weighted by molar-refractivity contribution is 0.1000. The SMILES string of the molecule is N#Cc1ccccc1C(N)=O. The Bertz CT molecular complexity index is 325. The van der Waals surface area contributed by atoms with Gasteiger partial charge in [0.2, 0.25) is 5.91 Å². The number of nitriles is 1. The fourth-order valence-electron chi connectivity index (χ4n) is 0.795. The summed E-state index contributed by atoms with van der Waals surface area (Å²) in [6.07, 6.45) is 0. The van der Waals surface area contributed by atoms with Crippen LogP contribution in [0.3, 0.4) is 0 Å². The first-order chi connectivity index (χ1) is 5.25. The van der Waals surface area contributed by atoms with Crippen molar-refractivity contribution >= 4 is 5.91 Å². The normalized spacial score (nSPS) is 8.64. The molecule has 3 nitrogen and oxygen atoms in total. The number of carbonyl (C=O) groups excluding carboxylic acids is 1. The van der Waals surface area contributed by atoms with Crippen LogP contribution in [0.15, 0.2) is 24.3 Å². The third-order valence-corrected chi connectivity index (χ3v) is 1.31. The number of nitrogens with zero attached hydrogens (tertiary/aromatic N) is 1. The van der Waals surface area contributed by atoms with Crippen molar-refractivity contribution in [3.8, 4) is 6.07 Å². The maximum Gasteiger partial charge on any atom is 0.250 e. The second kappa shape index (κ2) is 2.84. The van der Waals surface area contributed by atoms with Gasteiger partial charge >= 0.3 is 0 Å². The van der Waals surface area contributed by atoms with Gasteiger partial charge in [-0.3, -0.25) is 4.79 Å². The molecule has 1 aromatic carbocycles. The van der Waals surface area contributed by atoms with Crippen molar-refractivity contribution in [2.75, 3.05) is 0 Å². The van der Waals surface area contributed by atoms with E-state index < -0.39 is 5.91 Å². The minimum absolute atomic E-state index is 0.273. The zero-order valence-corrected chi connectivity index (χ0v) is 5.74. The van der Waals surface area contributed by atoms with Crippen LogP contribution in [0, 0.1) is 11.3 Å². The number of rotatable bonds is 1. The predicted octanol–water partition coefficient (Wildman–Crippen LogP) is 0.657. The number of hydrogen-bond acceptors (Lipinski definition) is 2. The second-order valence-electron chi connectivity index (χ2n) is 2.02. The Balaban J connectivity index is 3.26. The number of nitrogens with two attached hydrogens (primary N) is 1. The van der Waals surface area contributed by atoms with E-state index in [1.54, 1.807) is 18.2 Å². The van der Waals surface area contributed by atoms with Crippen LogP contribution in [0.4, 0.5) is 0 Å². The van der Waals surface area contributed by atoms with E-state index in [0.717, 1.165) is 0 Å². The zero-order valence-electron chi connectivity index (χ0n) is 5.74. The lowest BCUT2D eigenvalue weighted by Gasteiger charge is -1.95. The van der Waals surface area contributed by atoms with E-state index in [2.05, 4.69) is 0 Å². The zero-order chi connectivity index (χ0) is 8.27. The number of primary amides is 1. The van der Waals surface area contributed by atoms with E-state index in [0.29, 0.717) is 5.56 Å². The molecule has 0 heterocycles. The van der Waals surface area contributed by atoms with E-state index in [-0.39, 0.29) is 5.56 Å². The Kier molecular flexibility index (Phi) is 1.88. The van der Waals surface area contributed by atoms with E-state index in [1.165, 1.54) is 6.07 Å². The monoisotopic (exact) mass is 146 g/mol. The molecule has 0 atom stereocenters. The molecular weight excluding hydrogens is 140 g/mol. The minimum Gasteiger partial charge on any atom is -0.366 e. The highest BCUT2D eigenvalue weighted by Crippen LogP contribution is 2.05. The topological polar surface area (TPSA) is 66.9 Å². The first kappa shape index (κ1) is 7.29. The highest BCUT2D eigenvalue weighted by molar-refractivity contribution is 5.95. The standard InChI is InChI=1S/C8H6N2O/c9-5-6-3-1-2-4-7(6)8(10)11/h1-4H,(H2,10,11). The van der Waals surface area contributed by atoms with Crippen LogP contribution in [-0.4, -0.2) is 5.91 Å². The summed E-state index contributed by atoms with van der Waals surface area (Å²) in [5.41, 5.74) is 5.59. The smallest absolute Gasteiger partial charge is 0.250 e. The molecule has 0 radical (unpaired) electrons. The molecule has 0 aliphatic carbocycles. The van der Waals surface area contributed by atoms with Crippen molar-refractivity contribution in [1.82, 2.24) is 0 Å². The van der Waals surface area contributed by atoms with Crippen LogP contribution in [-0.2, 0) is 0 Å². The molecule has 1 amide bonds. The molecule has 0 aliphatic rings. The van der Waals surface area contributed by atoms with Gasteiger partial charge < -0.3 is 5.73 Å². The van der Waals surface area contributed by atoms with Crippen molar-refractivity contribution in [2.45, 2.75) is 0 Å². The van der Waals surface area contributed by atoms with E-state index >= 15 is 0 Å². The van der Waals surface area contributed by atoms with E-state index in [9.17, 15) is 4.79 Å². The average Bonchev–Trinajstić information content (AvgIpc) is 2.04. The van der Waals surface area contributed by atoms with Crippen LogP contribution in [0.25, 0.3) is 0 Å². The van der Waals surface area contributed by atoms with E-state index in [1.807, 2.05) is 6.07 Å². The van der Waals surface area contributed by atoms with Gasteiger partial charge in [-0.1, -0.05) is 12.1 Å². The summed E-state index contributed by atoms with van der Waals surface area (Å²) >= 11 is 0. The summed E-state index contributed by atoms with van der Waals surface area (Å²) in [5.74, 6) is -0.567. The van der Waals surface area contributed by atoms with Crippen LogP contribution in [0.5, 0.6) is 0 Å². The maximum atomic E-state index is 10.7. The van der Waals surface area contributed by atoms with Gasteiger partial charge in [-0.2, -0.15) is 5.26 Å². The van der Waals surface area contributed by atoms with Crippen LogP contribution < -0.4 is 5.73 Å². The summed E-state index contributed by atoms with van der Waals surface area (Å²) in [5, 5.41) is 8.51. The molecule has 0 bridgehead atoms. The summed E-state index contributed by atoms with van der Waals surface area (Å²) in [6, 6.07) is 8.31. The maximum absolute atomic E-state index is 10.7. The molecule has 1 rings (SSSR count). The lowest BCUT2D eigenvalue weighted by Crippen LogP contribution is -2.12. The molecular formula is C8H6N2O. The van der Waals surface area contributed by atoms with Crippen LogP contribution in [0.1, 0.15) is 15.9 Å². The van der Waals surface area contributed by atoms with Crippen molar-refractivity contribution in [1.29, 1.82) is 5.26 Å². The number of amides is 1. The molecule has 1 aromatic rings. The Morgan fingerprint density at radius 2 is 2.09 bits per heavy atom. The Labute approximate surface area is 64.1 Å². The molecule has 54 valence electrons. The average molecular weight is 146 g/mol. The van der Waals surface area contributed by atoms with Crippen molar-refractivity contribution in [3.63, 3.8) is 0 Å². The first-order valence-corrected chi connectivity index (χ1v) is 3.04. The summed E-state index contributed by atoms with van der Waals surface area (Å²) in [4.78, 5) is 10.7. The Morgan fingerprint density at radius 1 is 1.45 bits per heavy atom. The summed E-state index contributed by atoms with van der Waals surface area (Å²) in [7, 11) is 0. The number of carbonyl (C=O) groups is 1. The van der Waals surface area contributed by atoms with Gasteiger partial charge in [0.1, 0.15) is 0 Å². The number of benzene rings is 1. The molecule has 0 aliphatic heterocycles. The van der Waals surface area contributed by atoms with Gasteiger partial charge in [0.05, 0.1) is 17.2 Å². The molecule has 0 saturated carbocycles. The quantitative estimate of drug-likeness (QED) is 0.632. The van der Waals surface area contributed by atoms with Gasteiger partial charge in [-0.05, 0) is 12.1 Å². The summed E-state index contributed by atoms with van der Waals surface area (Å²) in [6.45, 7) is 0. The molecule has 0 spiro atoms. The van der Waals surface area contributed by atoms with Gasteiger partial charge in [-0.15, -0.1) is 0 Å². The van der Waals surface area contributed by atoms with Gasteiger partial charge in [0.15, 0.2) is 0 Å². The van der Waals surface area contributed by atoms with Crippen molar-refractivity contribution in [2.24, 2.45) is 5.73 Å². The highest BCUT2D eigenvalue weighted by Gasteiger charge is 2.04. The van der Waals surface area contributed by atoms with Gasteiger partial charge in [-0.25, -0.2) is 0 Å². The van der Waals surface area contributed by atoms with Crippen molar-refractivity contribution in [3.05, 3.63) is 35.4 Å². The molecule has 0 fully saturated rings. The Morgan fingerprint density at radius 3 is 2.55 bits per heavy atom. The predicted molar refractivity (Wildman–Crippen MR) is 39.7 cm³/mol. The van der Waals surface area contributed by atoms with Crippen LogP contribution >= 0.6 is 0 Å². The Hall–Kier alpha value is -1.82. The molecule has 0 unspecified atom stereocenters. The summed E-state index contributed by atoms with van der Waals surface area (Å²) < 4.78 is 0. The van der Waals surface area contributed by atoms with Gasteiger partial charge in [0, 0.05) is 0 Å². The third-order valence-electron chi connectivity index (χ3n) is 1.31. The highest BCUT2D eigenvalue weighted by atomic mass is 16.1. The molecule has 11 heavy (non-hydrogen) atoms. The first-order valence-electron chi connectivity index (χ1n) is 3.04. The third kappa shape index (κ3) is 1.36. The number of hydrogen-bond donors (Lipinski definition) is 1. The molecule has 0 saturated heterocycles. The van der Waals surface area contributed by atoms with Gasteiger partial charge in [0.25, 0.3) is 0 Å². The second-order valence-corrected chi connectivity index (χ2v) is 2.02.